The molecule has 2 N–H and O–H groups in total. The molecule has 1 aromatic carbocycles. The first kappa shape index (κ1) is 25.0. The predicted molar refractivity (Wildman–Crippen MR) is 137 cm³/mol. The number of H-pyrrole nitrogens is 1. The number of nitrogens with one attached hydrogen (secondary N) is 2. The maximum Gasteiger partial charge on any atom is 0.266 e. The van der Waals surface area contributed by atoms with E-state index in [0.29, 0.717) is 17.4 Å². The van der Waals surface area contributed by atoms with Crippen LogP contribution in [0.4, 0.5) is 5.95 Å². The highest BCUT2D eigenvalue weighted by Crippen LogP contribution is 2.25. The van der Waals surface area contributed by atoms with Crippen LogP contribution in [0.15, 0.2) is 35.1 Å². The summed E-state index contributed by atoms with van der Waals surface area (Å²) in [7, 11) is 0. The SMILES string of the molecule is CCCCN(CCCC)CCCNc1nc(-c2ccc(C(C)(C)C)cc2)nc2cc(=O)[nH]n12. The van der Waals surface area contributed by atoms with Gasteiger partial charge in [0, 0.05) is 18.2 Å². The first-order valence-corrected chi connectivity index (χ1v) is 12.4. The highest BCUT2D eigenvalue weighted by atomic mass is 16.1. The summed E-state index contributed by atoms with van der Waals surface area (Å²) in [5, 5.41) is 6.23. The highest BCUT2D eigenvalue weighted by molar-refractivity contribution is 5.60. The summed E-state index contributed by atoms with van der Waals surface area (Å²) >= 11 is 0. The van der Waals surface area contributed by atoms with Crippen LogP contribution in [0.3, 0.4) is 0 Å². The number of aromatic amines is 1. The van der Waals surface area contributed by atoms with E-state index in [1.807, 2.05) is 0 Å². The Morgan fingerprint density at radius 3 is 2.21 bits per heavy atom. The third kappa shape index (κ3) is 6.90. The monoisotopic (exact) mass is 452 g/mol. The van der Waals surface area contributed by atoms with Crippen LogP contribution < -0.4 is 10.9 Å². The molecule has 3 aromatic rings. The average Bonchev–Trinajstić information content (AvgIpc) is 3.17. The second kappa shape index (κ2) is 11.5. The van der Waals surface area contributed by atoms with Gasteiger partial charge in [0.05, 0.1) is 0 Å². The van der Waals surface area contributed by atoms with Crippen LogP contribution in [0, 0.1) is 0 Å². The van der Waals surface area contributed by atoms with E-state index < -0.39 is 0 Å². The second-order valence-corrected chi connectivity index (χ2v) is 9.84. The van der Waals surface area contributed by atoms with E-state index in [1.165, 1.54) is 37.3 Å². The summed E-state index contributed by atoms with van der Waals surface area (Å²) in [6, 6.07) is 9.87. The Labute approximate surface area is 197 Å². The molecular weight excluding hydrogens is 412 g/mol. The van der Waals surface area contributed by atoms with Crippen LogP contribution in [0.25, 0.3) is 17.0 Å². The Bertz CT molecular complexity index is 1050. The molecule has 2 aromatic heterocycles. The first-order chi connectivity index (χ1) is 15.8. The van der Waals surface area contributed by atoms with E-state index >= 15 is 0 Å². The predicted octanol–water partition coefficient (Wildman–Crippen LogP) is 5.09. The smallest absolute Gasteiger partial charge is 0.266 e. The standard InChI is InChI=1S/C26H40N6O/c1-6-8-16-31(17-9-7-2)18-10-15-27-25-29-24(28-22-19-23(33)30-32(22)25)20-11-13-21(14-12-20)26(3,4)5/h11-14,19H,6-10,15-18H2,1-5H3,(H,30,33)(H,27,28,29). The molecular formula is C26H40N6O. The van der Waals surface area contributed by atoms with Crippen LogP contribution in [-0.4, -0.2) is 50.7 Å². The van der Waals surface area contributed by atoms with Gasteiger partial charge in [0.2, 0.25) is 5.95 Å². The van der Waals surface area contributed by atoms with E-state index in [-0.39, 0.29) is 11.0 Å². The number of anilines is 1. The lowest BCUT2D eigenvalue weighted by Crippen LogP contribution is -2.28. The number of nitrogens with zero attached hydrogens (tertiary/aromatic N) is 4. The molecule has 7 heteroatoms. The normalized spacial score (nSPS) is 12.1. The first-order valence-electron chi connectivity index (χ1n) is 12.4. The van der Waals surface area contributed by atoms with Gasteiger partial charge < -0.3 is 10.2 Å². The van der Waals surface area contributed by atoms with Crippen LogP contribution in [-0.2, 0) is 5.41 Å². The van der Waals surface area contributed by atoms with Crippen molar-refractivity contribution >= 4 is 11.6 Å². The molecule has 3 rings (SSSR count). The van der Waals surface area contributed by atoms with Gasteiger partial charge >= 0.3 is 0 Å². The summed E-state index contributed by atoms with van der Waals surface area (Å²) in [5.41, 5.74) is 2.68. The minimum atomic E-state index is -0.183. The van der Waals surface area contributed by atoms with Gasteiger partial charge in [-0.3, -0.25) is 9.89 Å². The van der Waals surface area contributed by atoms with E-state index in [4.69, 9.17) is 4.98 Å². The molecule has 0 aliphatic rings. The maximum absolute atomic E-state index is 12.0. The molecule has 7 nitrogen and oxygen atoms in total. The van der Waals surface area contributed by atoms with E-state index in [9.17, 15) is 4.79 Å². The van der Waals surface area contributed by atoms with Crippen LogP contribution in [0.5, 0.6) is 0 Å². The minimum absolute atomic E-state index is 0.0894. The van der Waals surface area contributed by atoms with E-state index in [0.717, 1.165) is 38.2 Å². The van der Waals surface area contributed by atoms with Gasteiger partial charge in [0.15, 0.2) is 11.5 Å². The Hall–Kier alpha value is -2.67. The van der Waals surface area contributed by atoms with Gasteiger partial charge in [0.25, 0.3) is 5.56 Å². The van der Waals surface area contributed by atoms with Gasteiger partial charge in [-0.05, 0) is 49.9 Å². The van der Waals surface area contributed by atoms with Crippen LogP contribution >= 0.6 is 0 Å². The van der Waals surface area contributed by atoms with Gasteiger partial charge in [-0.25, -0.2) is 9.50 Å². The lowest BCUT2D eigenvalue weighted by atomic mass is 9.87. The summed E-state index contributed by atoms with van der Waals surface area (Å²) in [6.07, 6.45) is 5.94. The molecule has 0 amide bonds. The number of hydrogen-bond donors (Lipinski definition) is 2. The Balaban J connectivity index is 1.73. The quantitative estimate of drug-likeness (QED) is 0.374. The molecule has 0 unspecified atom stereocenters. The number of fused-ring (bicyclic) bond motifs is 1. The molecule has 180 valence electrons. The van der Waals surface area contributed by atoms with Crippen LogP contribution in [0.2, 0.25) is 0 Å². The average molecular weight is 453 g/mol. The fourth-order valence-corrected chi connectivity index (χ4v) is 3.88. The fraction of sp³-hybridized carbons (Fsp3) is 0.577. The van der Waals surface area contributed by atoms with Crippen molar-refractivity contribution in [1.29, 1.82) is 0 Å². The van der Waals surface area contributed by atoms with Gasteiger partial charge in [-0.1, -0.05) is 71.7 Å². The third-order valence-corrected chi connectivity index (χ3v) is 5.95. The van der Waals surface area contributed by atoms with E-state index in [2.05, 4.69) is 79.2 Å². The van der Waals surface area contributed by atoms with Crippen molar-refractivity contribution in [3.63, 3.8) is 0 Å². The van der Waals surface area contributed by atoms with Crippen molar-refractivity contribution < 1.29 is 0 Å². The molecule has 0 atom stereocenters. The Morgan fingerprint density at radius 2 is 1.61 bits per heavy atom. The number of rotatable bonds is 12. The zero-order chi connectivity index (χ0) is 23.8. The van der Waals surface area contributed by atoms with Crippen molar-refractivity contribution in [2.75, 3.05) is 31.5 Å². The Morgan fingerprint density at radius 1 is 0.970 bits per heavy atom. The zero-order valence-corrected chi connectivity index (χ0v) is 20.9. The van der Waals surface area contributed by atoms with Crippen molar-refractivity contribution in [2.24, 2.45) is 0 Å². The summed E-state index contributed by atoms with van der Waals surface area (Å²) in [4.78, 5) is 23.9. The van der Waals surface area contributed by atoms with Crippen LogP contribution in [0.1, 0.15) is 72.3 Å². The molecule has 0 saturated carbocycles. The lowest BCUT2D eigenvalue weighted by Gasteiger charge is -2.22. The topological polar surface area (TPSA) is 78.3 Å². The summed E-state index contributed by atoms with van der Waals surface area (Å²) < 4.78 is 1.64. The van der Waals surface area contributed by atoms with Gasteiger partial charge in [0.1, 0.15) is 0 Å². The number of benzene rings is 1. The molecule has 0 fully saturated rings. The summed E-state index contributed by atoms with van der Waals surface area (Å²) in [6.45, 7) is 15.2. The lowest BCUT2D eigenvalue weighted by molar-refractivity contribution is 0.264. The maximum atomic E-state index is 12.0. The molecule has 0 saturated heterocycles. The molecule has 0 spiro atoms. The minimum Gasteiger partial charge on any atom is -0.354 e. The summed E-state index contributed by atoms with van der Waals surface area (Å²) in [5.74, 6) is 1.23. The number of aromatic nitrogens is 4. The van der Waals surface area contributed by atoms with Gasteiger partial charge in [-0.15, -0.1) is 0 Å². The largest absolute Gasteiger partial charge is 0.354 e. The molecule has 33 heavy (non-hydrogen) atoms. The highest BCUT2D eigenvalue weighted by Gasteiger charge is 2.15. The molecule has 0 aliphatic heterocycles. The molecule has 0 radical (unpaired) electrons. The Kier molecular flexibility index (Phi) is 8.67. The number of hydrogen-bond acceptors (Lipinski definition) is 5. The number of unbranched alkanes of at least 4 members (excludes halogenated alkanes) is 2. The zero-order valence-electron chi connectivity index (χ0n) is 20.9. The molecule has 0 aliphatic carbocycles. The van der Waals surface area contributed by atoms with Crippen molar-refractivity contribution in [1.82, 2.24) is 24.5 Å². The van der Waals surface area contributed by atoms with Crippen molar-refractivity contribution in [2.45, 2.75) is 72.1 Å². The van der Waals surface area contributed by atoms with Crippen molar-refractivity contribution in [3.05, 3.63) is 46.2 Å². The fourth-order valence-electron chi connectivity index (χ4n) is 3.88. The van der Waals surface area contributed by atoms with Crippen molar-refractivity contribution in [3.8, 4) is 11.4 Å². The van der Waals surface area contributed by atoms with E-state index in [1.54, 1.807) is 4.52 Å². The molecule has 2 heterocycles. The molecule has 0 bridgehead atoms. The third-order valence-electron chi connectivity index (χ3n) is 5.95. The van der Waals surface area contributed by atoms with Gasteiger partial charge in [-0.2, -0.15) is 4.98 Å². The second-order valence-electron chi connectivity index (χ2n) is 9.84.